The molecule has 1 N–H and O–H groups in total. The number of rotatable bonds is 5. The zero-order chi connectivity index (χ0) is 18.9. The molecule has 3 rings (SSSR count). The molecule has 2 aromatic carbocycles. The van der Waals surface area contributed by atoms with Crippen molar-refractivity contribution in [2.75, 3.05) is 5.32 Å². The van der Waals surface area contributed by atoms with Crippen LogP contribution in [0.25, 0.3) is 0 Å². The highest BCUT2D eigenvalue weighted by Gasteiger charge is 2.69. The van der Waals surface area contributed by atoms with Crippen LogP contribution in [-0.4, -0.2) is 16.2 Å². The summed E-state index contributed by atoms with van der Waals surface area (Å²) in [5.74, 6) is -1.03. The van der Waals surface area contributed by atoms with Crippen molar-refractivity contribution in [1.82, 2.24) is 0 Å². The number of benzene rings is 2. The lowest BCUT2D eigenvalue weighted by atomic mass is 10.1. The zero-order valence-electron chi connectivity index (χ0n) is 14.5. The highest BCUT2D eigenvalue weighted by molar-refractivity contribution is 6.53. The third kappa shape index (κ3) is 3.71. The van der Waals surface area contributed by atoms with E-state index in [0.29, 0.717) is 17.7 Å². The van der Waals surface area contributed by atoms with E-state index in [9.17, 15) is 9.59 Å². The summed E-state index contributed by atoms with van der Waals surface area (Å²) in [6, 6.07) is 16.2. The molecule has 0 heterocycles. The first-order valence-corrected chi connectivity index (χ1v) is 9.00. The van der Waals surface area contributed by atoms with E-state index in [-0.39, 0.29) is 0 Å². The highest BCUT2D eigenvalue weighted by Crippen LogP contribution is 2.64. The summed E-state index contributed by atoms with van der Waals surface area (Å²) in [5, 5.41) is 2.78. The molecule has 1 aliphatic carbocycles. The number of ether oxygens (including phenoxy) is 1. The van der Waals surface area contributed by atoms with Crippen molar-refractivity contribution in [2.24, 2.45) is 5.41 Å². The van der Waals surface area contributed by atoms with Crippen LogP contribution in [0.1, 0.15) is 30.6 Å². The monoisotopic (exact) mass is 391 g/mol. The smallest absolute Gasteiger partial charge is 0.316 e. The fourth-order valence-corrected chi connectivity index (χ4v) is 3.29. The topological polar surface area (TPSA) is 55.4 Å². The molecule has 0 bridgehead atoms. The molecule has 2 aromatic rings. The molecule has 6 heteroatoms. The van der Waals surface area contributed by atoms with E-state index in [1.807, 2.05) is 25.1 Å². The van der Waals surface area contributed by atoms with Crippen LogP contribution in [0.4, 0.5) is 5.69 Å². The Morgan fingerprint density at radius 3 is 2.19 bits per heavy atom. The van der Waals surface area contributed by atoms with Crippen LogP contribution < -0.4 is 5.32 Å². The van der Waals surface area contributed by atoms with E-state index < -0.39 is 27.7 Å². The Morgan fingerprint density at radius 1 is 1.08 bits per heavy atom. The Balaban J connectivity index is 1.81. The SMILES string of the molecule is Cc1ccc(NC(=O)[C@H](OC(=O)[C@@]2(C)CC2(Cl)Cl)c2ccccc2)cc1. The lowest BCUT2D eigenvalue weighted by Gasteiger charge is -2.21. The number of carbonyl (C=O) groups is 2. The third-order valence-electron chi connectivity index (χ3n) is 4.59. The molecule has 0 radical (unpaired) electrons. The number of hydrogen-bond donors (Lipinski definition) is 1. The van der Waals surface area contributed by atoms with Gasteiger partial charge in [0, 0.05) is 17.7 Å². The zero-order valence-corrected chi connectivity index (χ0v) is 16.0. The maximum atomic E-state index is 12.8. The van der Waals surface area contributed by atoms with Gasteiger partial charge in [0.05, 0.1) is 0 Å². The molecule has 4 nitrogen and oxygen atoms in total. The van der Waals surface area contributed by atoms with Gasteiger partial charge in [-0.25, -0.2) is 0 Å². The standard InChI is InChI=1S/C20H19Cl2NO3/c1-13-8-10-15(11-9-13)23-17(24)16(14-6-4-3-5-7-14)26-18(25)19(2)12-20(19,21)22/h3-11,16H,12H2,1-2H3,(H,23,24)/t16-,19-/m1/s1. The van der Waals surface area contributed by atoms with Crippen molar-refractivity contribution < 1.29 is 14.3 Å². The highest BCUT2D eigenvalue weighted by atomic mass is 35.5. The van der Waals surface area contributed by atoms with Crippen molar-refractivity contribution in [2.45, 2.75) is 30.7 Å². The predicted octanol–water partition coefficient (Wildman–Crippen LogP) is 4.80. The largest absolute Gasteiger partial charge is 0.447 e. The molecule has 1 amide bonds. The van der Waals surface area contributed by atoms with Gasteiger partial charge in [-0.15, -0.1) is 23.2 Å². The second-order valence-electron chi connectivity index (χ2n) is 6.76. The molecule has 2 atom stereocenters. The van der Waals surface area contributed by atoms with Crippen LogP contribution in [0.3, 0.4) is 0 Å². The quantitative estimate of drug-likeness (QED) is 0.587. The van der Waals surface area contributed by atoms with Gasteiger partial charge in [0.15, 0.2) is 0 Å². The van der Waals surface area contributed by atoms with Gasteiger partial charge in [0.2, 0.25) is 6.10 Å². The number of nitrogens with one attached hydrogen (secondary N) is 1. The van der Waals surface area contributed by atoms with E-state index in [0.717, 1.165) is 5.56 Å². The van der Waals surface area contributed by atoms with Gasteiger partial charge in [-0.3, -0.25) is 9.59 Å². The molecule has 0 unspecified atom stereocenters. The molecule has 0 aromatic heterocycles. The van der Waals surface area contributed by atoms with E-state index in [1.54, 1.807) is 43.3 Å². The van der Waals surface area contributed by atoms with E-state index in [2.05, 4.69) is 5.32 Å². The first-order chi connectivity index (χ1) is 12.2. The predicted molar refractivity (Wildman–Crippen MR) is 102 cm³/mol. The van der Waals surface area contributed by atoms with Gasteiger partial charge >= 0.3 is 5.97 Å². The van der Waals surface area contributed by atoms with Gasteiger partial charge in [-0.05, 0) is 26.0 Å². The molecule has 1 fully saturated rings. The number of amides is 1. The lowest BCUT2D eigenvalue weighted by Crippen LogP contribution is -2.30. The van der Waals surface area contributed by atoms with Crippen molar-refractivity contribution >= 4 is 40.8 Å². The summed E-state index contributed by atoms with van der Waals surface area (Å²) in [5.41, 5.74) is 1.27. The molecule has 0 saturated heterocycles. The number of anilines is 1. The van der Waals surface area contributed by atoms with Gasteiger partial charge in [-0.2, -0.15) is 0 Å². The molecule has 136 valence electrons. The van der Waals surface area contributed by atoms with Crippen LogP contribution in [0.15, 0.2) is 54.6 Å². The average Bonchev–Trinajstić information content (AvgIpc) is 3.14. The molecular formula is C20H19Cl2NO3. The van der Waals surface area contributed by atoms with Crippen LogP contribution in [-0.2, 0) is 14.3 Å². The van der Waals surface area contributed by atoms with E-state index in [1.165, 1.54) is 0 Å². The summed E-state index contributed by atoms with van der Waals surface area (Å²) in [6.45, 7) is 3.59. The van der Waals surface area contributed by atoms with Crippen LogP contribution >= 0.6 is 23.2 Å². The average molecular weight is 392 g/mol. The maximum absolute atomic E-state index is 12.8. The van der Waals surface area contributed by atoms with E-state index in [4.69, 9.17) is 27.9 Å². The number of hydrogen-bond acceptors (Lipinski definition) is 3. The minimum absolute atomic E-state index is 0.295. The Kier molecular flexibility index (Phi) is 5.00. The first-order valence-electron chi connectivity index (χ1n) is 8.24. The minimum atomic E-state index is -1.15. The van der Waals surface area contributed by atoms with Crippen molar-refractivity contribution in [3.8, 4) is 0 Å². The van der Waals surface area contributed by atoms with Crippen LogP contribution in [0, 0.1) is 12.3 Å². The van der Waals surface area contributed by atoms with Crippen molar-refractivity contribution in [3.05, 3.63) is 65.7 Å². The summed E-state index contributed by atoms with van der Waals surface area (Å²) >= 11 is 12.1. The lowest BCUT2D eigenvalue weighted by molar-refractivity contribution is -0.159. The molecular weight excluding hydrogens is 373 g/mol. The number of carbonyl (C=O) groups excluding carboxylic acids is 2. The number of alkyl halides is 2. The Morgan fingerprint density at radius 2 is 1.65 bits per heavy atom. The minimum Gasteiger partial charge on any atom is -0.447 e. The number of aryl methyl sites for hydroxylation is 1. The van der Waals surface area contributed by atoms with Crippen molar-refractivity contribution in [3.63, 3.8) is 0 Å². The maximum Gasteiger partial charge on any atom is 0.316 e. The van der Waals surface area contributed by atoms with Gasteiger partial charge in [-0.1, -0.05) is 48.0 Å². The molecule has 0 spiro atoms. The summed E-state index contributed by atoms with van der Waals surface area (Å²) in [7, 11) is 0. The normalized spacial score (nSPS) is 21.5. The number of esters is 1. The Hall–Kier alpha value is -2.04. The fraction of sp³-hybridized carbons (Fsp3) is 0.300. The Bertz CT molecular complexity index is 821. The summed E-state index contributed by atoms with van der Waals surface area (Å²) in [6.07, 6.45) is -0.796. The summed E-state index contributed by atoms with van der Waals surface area (Å²) in [4.78, 5) is 25.3. The Labute approximate surface area is 162 Å². The van der Waals surface area contributed by atoms with Crippen LogP contribution in [0.2, 0.25) is 0 Å². The van der Waals surface area contributed by atoms with Crippen LogP contribution in [0.5, 0.6) is 0 Å². The third-order valence-corrected chi connectivity index (χ3v) is 5.69. The molecule has 1 saturated carbocycles. The fourth-order valence-electron chi connectivity index (χ4n) is 2.60. The number of halogens is 2. The molecule has 1 aliphatic rings. The van der Waals surface area contributed by atoms with E-state index >= 15 is 0 Å². The second-order valence-corrected chi connectivity index (χ2v) is 8.25. The van der Waals surface area contributed by atoms with Crippen molar-refractivity contribution in [1.29, 1.82) is 0 Å². The molecule has 26 heavy (non-hydrogen) atoms. The molecule has 0 aliphatic heterocycles. The second kappa shape index (κ2) is 6.93. The van der Waals surface area contributed by atoms with Gasteiger partial charge in [0.1, 0.15) is 9.75 Å². The first kappa shape index (κ1) is 18.7. The van der Waals surface area contributed by atoms with Gasteiger partial charge < -0.3 is 10.1 Å². The van der Waals surface area contributed by atoms with Gasteiger partial charge in [0.25, 0.3) is 5.91 Å². The summed E-state index contributed by atoms with van der Waals surface area (Å²) < 4.78 is 4.38.